The maximum Gasteiger partial charge on any atom is 0.210 e. The summed E-state index contributed by atoms with van der Waals surface area (Å²) in [4.78, 5) is 13.4. The minimum absolute atomic E-state index is 0.108. The van der Waals surface area contributed by atoms with Gasteiger partial charge in [-0.2, -0.15) is 5.26 Å². The molecule has 2 atom stereocenters. The zero-order chi connectivity index (χ0) is 24.9. The molecule has 2 aromatic heterocycles. The van der Waals surface area contributed by atoms with Gasteiger partial charge in [0.2, 0.25) is 12.2 Å². The highest BCUT2D eigenvalue weighted by molar-refractivity contribution is 5.82. The van der Waals surface area contributed by atoms with Crippen LogP contribution < -0.4 is 10.2 Å². The van der Waals surface area contributed by atoms with Crippen molar-refractivity contribution >= 4 is 11.8 Å². The molecule has 3 heterocycles. The van der Waals surface area contributed by atoms with Crippen LogP contribution in [0.3, 0.4) is 0 Å². The van der Waals surface area contributed by atoms with E-state index in [2.05, 4.69) is 61.3 Å². The number of nitrogens with one attached hydrogen (secondary N) is 1. The van der Waals surface area contributed by atoms with Crippen LogP contribution in [0.25, 0.3) is 11.3 Å². The monoisotopic (exact) mass is 480 g/mol. The summed E-state index contributed by atoms with van der Waals surface area (Å²) in [6, 6.07) is 18.6. The molecule has 1 N–H and O–H groups in total. The van der Waals surface area contributed by atoms with Crippen LogP contribution in [-0.2, 0) is 6.42 Å². The standard InChI is InChI=1S/C28H32N8/c1-20(2)26-18-35(27-14-13-23(33-34-27)21-8-4-3-5-9-21)16-17-36(26)28(31-19-29)32-25-12-6-11-24-22(25)10-7-15-30-24/h3-5,7-10,13-15,20,25-26H,6,11-12,16-18H2,1-2H3,(H,31,32)/t25-,26?/m0/s1. The molecule has 1 unspecified atom stereocenters. The van der Waals surface area contributed by atoms with Crippen molar-refractivity contribution in [2.45, 2.75) is 45.2 Å². The zero-order valence-corrected chi connectivity index (χ0v) is 20.9. The number of aliphatic imine (C=N–C) groups is 1. The fraction of sp³-hybridized carbons (Fsp3) is 0.393. The molecule has 8 nitrogen and oxygen atoms in total. The topological polar surface area (TPSA) is 93.3 Å². The Labute approximate surface area is 212 Å². The molecule has 0 saturated carbocycles. The number of piperazine rings is 1. The van der Waals surface area contributed by atoms with E-state index in [1.54, 1.807) is 0 Å². The molecule has 3 aromatic rings. The van der Waals surface area contributed by atoms with Gasteiger partial charge in [-0.1, -0.05) is 50.2 Å². The van der Waals surface area contributed by atoms with Gasteiger partial charge in [0, 0.05) is 37.1 Å². The van der Waals surface area contributed by atoms with E-state index in [0.29, 0.717) is 11.9 Å². The number of anilines is 1. The number of aryl methyl sites for hydroxylation is 1. The van der Waals surface area contributed by atoms with Gasteiger partial charge in [-0.05, 0) is 48.9 Å². The highest BCUT2D eigenvalue weighted by Gasteiger charge is 2.34. The van der Waals surface area contributed by atoms with Crippen LogP contribution in [0.2, 0.25) is 0 Å². The van der Waals surface area contributed by atoms with Crippen LogP contribution in [0.5, 0.6) is 0 Å². The summed E-state index contributed by atoms with van der Waals surface area (Å²) < 4.78 is 0. The predicted octanol–water partition coefficient (Wildman–Crippen LogP) is 4.19. The Morgan fingerprint density at radius 3 is 2.69 bits per heavy atom. The van der Waals surface area contributed by atoms with Gasteiger partial charge in [0.1, 0.15) is 0 Å². The van der Waals surface area contributed by atoms with E-state index in [1.807, 2.05) is 54.9 Å². The van der Waals surface area contributed by atoms with Gasteiger partial charge in [0.25, 0.3) is 0 Å². The molecular formula is C28H32N8. The smallest absolute Gasteiger partial charge is 0.210 e. The van der Waals surface area contributed by atoms with Crippen molar-refractivity contribution in [3.05, 3.63) is 72.1 Å². The quantitative estimate of drug-likeness (QED) is 0.340. The molecule has 0 bridgehead atoms. The molecule has 184 valence electrons. The molecule has 8 heteroatoms. The van der Waals surface area contributed by atoms with Crippen molar-refractivity contribution in [2.75, 3.05) is 24.5 Å². The number of hydrogen-bond donors (Lipinski definition) is 1. The summed E-state index contributed by atoms with van der Waals surface area (Å²) >= 11 is 0. The van der Waals surface area contributed by atoms with Crippen LogP contribution in [0.1, 0.15) is 44.0 Å². The lowest BCUT2D eigenvalue weighted by atomic mass is 9.91. The minimum Gasteiger partial charge on any atom is -0.351 e. The molecule has 2 aliphatic rings. The fourth-order valence-corrected chi connectivity index (χ4v) is 5.25. The Bertz CT molecular complexity index is 1230. The largest absolute Gasteiger partial charge is 0.351 e. The van der Waals surface area contributed by atoms with E-state index < -0.39 is 0 Å². The van der Waals surface area contributed by atoms with Crippen molar-refractivity contribution in [2.24, 2.45) is 10.9 Å². The number of hydrogen-bond acceptors (Lipinski definition) is 6. The van der Waals surface area contributed by atoms with E-state index in [4.69, 9.17) is 0 Å². The molecule has 1 saturated heterocycles. The number of aromatic nitrogens is 3. The third kappa shape index (κ3) is 5.01. The van der Waals surface area contributed by atoms with Gasteiger partial charge >= 0.3 is 0 Å². The van der Waals surface area contributed by atoms with Crippen LogP contribution in [0, 0.1) is 17.4 Å². The normalized spacial score (nSPS) is 20.1. The van der Waals surface area contributed by atoms with Crippen LogP contribution in [0.15, 0.2) is 65.8 Å². The van der Waals surface area contributed by atoms with Crippen molar-refractivity contribution < 1.29 is 0 Å². The van der Waals surface area contributed by atoms with Gasteiger partial charge in [-0.25, -0.2) is 0 Å². The maximum absolute atomic E-state index is 9.52. The van der Waals surface area contributed by atoms with E-state index in [-0.39, 0.29) is 12.1 Å². The van der Waals surface area contributed by atoms with E-state index >= 15 is 0 Å². The first-order chi connectivity index (χ1) is 17.6. The Morgan fingerprint density at radius 2 is 1.94 bits per heavy atom. The number of guanidine groups is 1. The molecule has 5 rings (SSSR count). The van der Waals surface area contributed by atoms with Crippen LogP contribution >= 0.6 is 0 Å². The van der Waals surface area contributed by atoms with Gasteiger partial charge in [-0.3, -0.25) is 4.98 Å². The third-order valence-corrected chi connectivity index (χ3v) is 7.17. The average molecular weight is 481 g/mol. The lowest BCUT2D eigenvalue weighted by Gasteiger charge is -2.45. The minimum atomic E-state index is 0.108. The molecule has 1 fully saturated rings. The van der Waals surface area contributed by atoms with Gasteiger partial charge in [-0.15, -0.1) is 15.2 Å². The Kier molecular flexibility index (Phi) is 7.08. The van der Waals surface area contributed by atoms with Gasteiger partial charge in [0.15, 0.2) is 5.82 Å². The number of benzene rings is 1. The molecule has 1 aromatic carbocycles. The molecule has 1 aliphatic carbocycles. The molecule has 1 aliphatic heterocycles. The summed E-state index contributed by atoms with van der Waals surface area (Å²) in [5.41, 5.74) is 4.28. The second kappa shape index (κ2) is 10.7. The van der Waals surface area contributed by atoms with Crippen molar-refractivity contribution in [1.82, 2.24) is 25.4 Å². The van der Waals surface area contributed by atoms with Crippen molar-refractivity contribution in [3.8, 4) is 17.5 Å². The molecule has 36 heavy (non-hydrogen) atoms. The fourth-order valence-electron chi connectivity index (χ4n) is 5.25. The lowest BCUT2D eigenvalue weighted by molar-refractivity contribution is 0.215. The van der Waals surface area contributed by atoms with Gasteiger partial charge < -0.3 is 15.1 Å². The van der Waals surface area contributed by atoms with E-state index in [0.717, 1.165) is 61.7 Å². The first-order valence-corrected chi connectivity index (χ1v) is 12.7. The van der Waals surface area contributed by atoms with E-state index in [9.17, 15) is 5.26 Å². The maximum atomic E-state index is 9.52. The summed E-state index contributed by atoms with van der Waals surface area (Å²) in [6.07, 6.45) is 6.96. The second-order valence-electron chi connectivity index (χ2n) is 9.76. The summed E-state index contributed by atoms with van der Waals surface area (Å²) in [6.45, 7) is 6.74. The third-order valence-electron chi connectivity index (χ3n) is 7.17. The number of nitrogens with zero attached hydrogens (tertiary/aromatic N) is 7. The lowest BCUT2D eigenvalue weighted by Crippen LogP contribution is -2.60. The highest BCUT2D eigenvalue weighted by atomic mass is 15.4. The number of rotatable bonds is 4. The number of nitriles is 1. The molecular weight excluding hydrogens is 448 g/mol. The first kappa shape index (κ1) is 23.7. The average Bonchev–Trinajstić information content (AvgIpc) is 2.93. The van der Waals surface area contributed by atoms with E-state index in [1.165, 1.54) is 5.56 Å². The van der Waals surface area contributed by atoms with Crippen molar-refractivity contribution in [1.29, 1.82) is 5.26 Å². The highest BCUT2D eigenvalue weighted by Crippen LogP contribution is 2.29. The summed E-state index contributed by atoms with van der Waals surface area (Å²) in [5, 5.41) is 22.2. The Balaban J connectivity index is 1.33. The Hall–Kier alpha value is -3.99. The Morgan fingerprint density at radius 1 is 1.08 bits per heavy atom. The summed E-state index contributed by atoms with van der Waals surface area (Å²) in [5.74, 6) is 1.89. The molecule has 0 radical (unpaired) electrons. The first-order valence-electron chi connectivity index (χ1n) is 12.7. The van der Waals surface area contributed by atoms with Crippen molar-refractivity contribution in [3.63, 3.8) is 0 Å². The number of pyridine rings is 1. The second-order valence-corrected chi connectivity index (χ2v) is 9.76. The number of fused-ring (bicyclic) bond motifs is 1. The summed E-state index contributed by atoms with van der Waals surface area (Å²) in [7, 11) is 0. The molecule has 0 spiro atoms. The van der Waals surface area contributed by atoms with Crippen LogP contribution in [0.4, 0.5) is 5.82 Å². The SMILES string of the molecule is CC(C)C1CN(c2ccc(-c3ccccc3)nn2)CCN1/C(=N\C#N)N[C@H]1CCCc2ncccc21. The van der Waals surface area contributed by atoms with Crippen LogP contribution in [-0.4, -0.2) is 51.7 Å². The predicted molar refractivity (Wildman–Crippen MR) is 141 cm³/mol. The van der Waals surface area contributed by atoms with Gasteiger partial charge in [0.05, 0.1) is 17.8 Å². The molecule has 0 amide bonds. The zero-order valence-electron chi connectivity index (χ0n) is 20.9.